The number of anilines is 1. The summed E-state index contributed by atoms with van der Waals surface area (Å²) < 4.78 is 9.79. The average Bonchev–Trinajstić information content (AvgIpc) is 3.18. The van der Waals surface area contributed by atoms with Crippen LogP contribution >= 0.6 is 12.2 Å². The number of ether oxygens (including phenoxy) is 1. The number of hydrogen-bond acceptors (Lipinski definition) is 4. The molecule has 0 fully saturated rings. The van der Waals surface area contributed by atoms with Crippen molar-refractivity contribution >= 4 is 23.8 Å². The third-order valence-electron chi connectivity index (χ3n) is 5.56. The van der Waals surface area contributed by atoms with Crippen molar-refractivity contribution in [1.82, 2.24) is 14.3 Å². The van der Waals surface area contributed by atoms with Crippen LogP contribution in [0.25, 0.3) is 5.69 Å². The van der Waals surface area contributed by atoms with Gasteiger partial charge in [-0.2, -0.15) is 5.10 Å². The van der Waals surface area contributed by atoms with Crippen molar-refractivity contribution in [1.29, 1.82) is 0 Å². The van der Waals surface area contributed by atoms with Gasteiger partial charge in [-0.1, -0.05) is 56.3 Å². The lowest BCUT2D eigenvalue weighted by Gasteiger charge is -2.09. The number of hydrogen-bond donors (Lipinski definition) is 1. The highest BCUT2D eigenvalue weighted by Crippen LogP contribution is 2.18. The van der Waals surface area contributed by atoms with Crippen LogP contribution in [0.4, 0.5) is 5.69 Å². The summed E-state index contributed by atoms with van der Waals surface area (Å²) in [5, 5.41) is 7.57. The van der Waals surface area contributed by atoms with Crippen LogP contribution in [0.15, 0.2) is 78.9 Å². The number of nitrogens with zero attached hydrogens (tertiary/aromatic N) is 3. The Hall–Kier alpha value is -3.71. The molecule has 0 atom stereocenters. The topological polar surface area (TPSA) is 61.1 Å². The summed E-state index contributed by atoms with van der Waals surface area (Å²) in [4.78, 5) is 12.7. The molecule has 0 aliphatic heterocycles. The molecule has 0 bridgehead atoms. The molecule has 4 rings (SSSR count). The van der Waals surface area contributed by atoms with E-state index in [1.165, 1.54) is 11.1 Å². The van der Waals surface area contributed by atoms with Gasteiger partial charge in [0.15, 0.2) is 5.82 Å². The molecule has 3 aromatic carbocycles. The van der Waals surface area contributed by atoms with Crippen molar-refractivity contribution < 1.29 is 9.53 Å². The molecule has 1 aromatic heterocycles. The Balaban J connectivity index is 1.59. The van der Waals surface area contributed by atoms with Crippen LogP contribution in [-0.2, 0) is 30.8 Å². The van der Waals surface area contributed by atoms with Gasteiger partial charge in [-0.3, -0.25) is 9.36 Å². The predicted molar refractivity (Wildman–Crippen MR) is 137 cm³/mol. The summed E-state index contributed by atoms with van der Waals surface area (Å²) in [6.07, 6.45) is 1.90. The lowest BCUT2D eigenvalue weighted by atomic mass is 10.1. The van der Waals surface area contributed by atoms with Crippen LogP contribution < -0.4 is 10.1 Å². The molecule has 0 saturated carbocycles. The van der Waals surface area contributed by atoms with E-state index in [2.05, 4.69) is 36.4 Å². The van der Waals surface area contributed by atoms with Gasteiger partial charge in [0.1, 0.15) is 18.9 Å². The molecular weight excluding hydrogens is 444 g/mol. The minimum Gasteiger partial charge on any atom is -0.486 e. The first-order chi connectivity index (χ1) is 16.6. The van der Waals surface area contributed by atoms with E-state index in [-0.39, 0.29) is 19.1 Å². The quantitative estimate of drug-likeness (QED) is 0.315. The summed E-state index contributed by atoms with van der Waals surface area (Å²) in [5.74, 6) is 1.17. The molecule has 0 unspecified atom stereocenters. The first-order valence-corrected chi connectivity index (χ1v) is 11.8. The van der Waals surface area contributed by atoms with Crippen molar-refractivity contribution in [3.63, 3.8) is 0 Å². The molecule has 0 radical (unpaired) electrons. The fourth-order valence-corrected chi connectivity index (χ4v) is 3.93. The molecule has 6 nitrogen and oxygen atoms in total. The summed E-state index contributed by atoms with van der Waals surface area (Å²) >= 11 is 5.73. The third kappa shape index (κ3) is 5.61. The van der Waals surface area contributed by atoms with E-state index >= 15 is 0 Å². The van der Waals surface area contributed by atoms with Crippen LogP contribution in [0.3, 0.4) is 0 Å². The average molecular weight is 473 g/mol. The van der Waals surface area contributed by atoms with Crippen LogP contribution in [-0.4, -0.2) is 20.3 Å². The van der Waals surface area contributed by atoms with E-state index in [1.54, 1.807) is 4.68 Å². The molecule has 1 heterocycles. The highest BCUT2D eigenvalue weighted by Gasteiger charge is 2.16. The van der Waals surface area contributed by atoms with Crippen molar-refractivity contribution in [2.24, 2.45) is 0 Å². The van der Waals surface area contributed by atoms with Gasteiger partial charge >= 0.3 is 0 Å². The lowest BCUT2D eigenvalue weighted by Crippen LogP contribution is -2.20. The Labute approximate surface area is 204 Å². The first-order valence-electron chi connectivity index (χ1n) is 11.4. The molecular formula is C27H28N4O2S. The van der Waals surface area contributed by atoms with Gasteiger partial charge in [0.25, 0.3) is 0 Å². The zero-order valence-electron chi connectivity index (χ0n) is 19.4. The Kier molecular flexibility index (Phi) is 7.54. The second-order valence-electron chi connectivity index (χ2n) is 7.91. The van der Waals surface area contributed by atoms with Crippen molar-refractivity contribution in [3.8, 4) is 11.4 Å². The molecule has 0 saturated heterocycles. The Morgan fingerprint density at radius 3 is 2.15 bits per heavy atom. The maximum atomic E-state index is 12.7. The van der Waals surface area contributed by atoms with Crippen LogP contribution in [0.1, 0.15) is 30.8 Å². The van der Waals surface area contributed by atoms with E-state index < -0.39 is 0 Å². The Bertz CT molecular complexity index is 1290. The number of carbonyl (C=O) groups is 1. The fraction of sp³-hybridized carbons (Fsp3) is 0.222. The van der Waals surface area contributed by atoms with Crippen molar-refractivity contribution in [2.75, 3.05) is 5.32 Å². The monoisotopic (exact) mass is 472 g/mol. The van der Waals surface area contributed by atoms with Gasteiger partial charge in [0.2, 0.25) is 10.7 Å². The minimum atomic E-state index is -0.193. The number of aromatic nitrogens is 3. The van der Waals surface area contributed by atoms with E-state index in [1.807, 2.05) is 71.3 Å². The van der Waals surface area contributed by atoms with E-state index in [0.29, 0.717) is 10.6 Å². The molecule has 0 aliphatic carbocycles. The summed E-state index contributed by atoms with van der Waals surface area (Å²) in [6.45, 7) is 4.44. The van der Waals surface area contributed by atoms with Gasteiger partial charge in [-0.05, 0) is 72.6 Å². The molecule has 0 spiro atoms. The van der Waals surface area contributed by atoms with Gasteiger partial charge in [0.05, 0.1) is 0 Å². The summed E-state index contributed by atoms with van der Waals surface area (Å²) in [6, 6.07) is 25.6. The molecule has 0 aliphatic rings. The normalized spacial score (nSPS) is 10.8. The van der Waals surface area contributed by atoms with Gasteiger partial charge in [-0.25, -0.2) is 4.68 Å². The number of aryl methyl sites for hydroxylation is 2. The van der Waals surface area contributed by atoms with Gasteiger partial charge in [0, 0.05) is 11.4 Å². The lowest BCUT2D eigenvalue weighted by molar-refractivity contribution is -0.116. The zero-order valence-corrected chi connectivity index (χ0v) is 20.2. The zero-order chi connectivity index (χ0) is 23.9. The standard InChI is InChI=1S/C27H28N4O2S/c1-3-20-10-14-22(15-11-20)28-26(32)18-30-27(34)31(23-16-12-21(4-2)13-17-23)25(29-30)19-33-24-8-6-5-7-9-24/h5-17H,3-4,18-19H2,1-2H3,(H,28,32). The first kappa shape index (κ1) is 23.4. The molecule has 1 N–H and O–H groups in total. The smallest absolute Gasteiger partial charge is 0.246 e. The molecule has 1 amide bonds. The highest BCUT2D eigenvalue weighted by molar-refractivity contribution is 7.71. The van der Waals surface area contributed by atoms with Crippen LogP contribution in [0.2, 0.25) is 0 Å². The minimum absolute atomic E-state index is 0.00669. The number of amides is 1. The van der Waals surface area contributed by atoms with Gasteiger partial charge in [-0.15, -0.1) is 0 Å². The van der Waals surface area contributed by atoms with E-state index in [0.717, 1.165) is 30.0 Å². The fourth-order valence-electron chi connectivity index (χ4n) is 3.61. The molecule has 7 heteroatoms. The van der Waals surface area contributed by atoms with Crippen molar-refractivity contribution in [3.05, 3.63) is 101 Å². The number of para-hydroxylation sites is 1. The molecule has 4 aromatic rings. The second-order valence-corrected chi connectivity index (χ2v) is 8.28. The largest absolute Gasteiger partial charge is 0.486 e. The number of nitrogens with one attached hydrogen (secondary N) is 1. The second kappa shape index (κ2) is 10.9. The Morgan fingerprint density at radius 2 is 1.53 bits per heavy atom. The molecule has 174 valence electrons. The van der Waals surface area contributed by atoms with Crippen LogP contribution in [0, 0.1) is 4.77 Å². The number of benzene rings is 3. The number of rotatable bonds is 9. The maximum absolute atomic E-state index is 12.7. The summed E-state index contributed by atoms with van der Waals surface area (Å²) in [5.41, 5.74) is 4.08. The van der Waals surface area contributed by atoms with Crippen LogP contribution in [0.5, 0.6) is 5.75 Å². The van der Waals surface area contributed by atoms with E-state index in [4.69, 9.17) is 17.0 Å². The number of carbonyl (C=O) groups excluding carboxylic acids is 1. The van der Waals surface area contributed by atoms with Crippen molar-refractivity contribution in [2.45, 2.75) is 39.8 Å². The van der Waals surface area contributed by atoms with E-state index in [9.17, 15) is 4.79 Å². The summed E-state index contributed by atoms with van der Waals surface area (Å²) in [7, 11) is 0. The SMILES string of the molecule is CCc1ccc(NC(=O)Cn2nc(COc3ccccc3)n(-c3ccc(CC)cc3)c2=S)cc1. The Morgan fingerprint density at radius 1 is 0.912 bits per heavy atom. The predicted octanol–water partition coefficient (Wildman–Crippen LogP) is 5.75. The maximum Gasteiger partial charge on any atom is 0.246 e. The third-order valence-corrected chi connectivity index (χ3v) is 5.95. The molecule has 34 heavy (non-hydrogen) atoms. The van der Waals surface area contributed by atoms with Gasteiger partial charge < -0.3 is 10.1 Å². The highest BCUT2D eigenvalue weighted by atomic mass is 32.1.